The van der Waals surface area contributed by atoms with Crippen LogP contribution >= 0.6 is 0 Å². The molecule has 0 aliphatic heterocycles. The molecule has 0 atom stereocenters. The second-order valence-electron chi connectivity index (χ2n) is 8.71. The minimum absolute atomic E-state index is 0.199. The lowest BCUT2D eigenvalue weighted by atomic mass is 10.1. The summed E-state index contributed by atoms with van der Waals surface area (Å²) in [5.41, 5.74) is 6.66. The van der Waals surface area contributed by atoms with Crippen LogP contribution in [0.25, 0.3) is 21.8 Å². The summed E-state index contributed by atoms with van der Waals surface area (Å²) in [6.07, 6.45) is 1.81. The third kappa shape index (κ3) is 4.45. The van der Waals surface area contributed by atoms with Gasteiger partial charge in [-0.25, -0.2) is 8.42 Å². The molecule has 4 aromatic carbocycles. The highest BCUT2D eigenvalue weighted by atomic mass is 32.2. The fourth-order valence-corrected chi connectivity index (χ4v) is 5.62. The number of nitrogens with zero attached hydrogens (tertiary/aromatic N) is 2. The van der Waals surface area contributed by atoms with Gasteiger partial charge in [0.05, 0.1) is 16.3 Å². The molecule has 0 aliphatic carbocycles. The topological polar surface area (TPSA) is 63.5 Å². The first kappa shape index (κ1) is 22.9. The number of aryl methyl sites for hydroxylation is 3. The van der Waals surface area contributed by atoms with Crippen molar-refractivity contribution in [2.75, 3.05) is 4.72 Å². The molecule has 0 spiro atoms. The second kappa shape index (κ2) is 9.04. The molecule has 5 aromatic rings. The highest BCUT2D eigenvalue weighted by Gasteiger charge is 2.15. The minimum Gasteiger partial charge on any atom is -0.341 e. The summed E-state index contributed by atoms with van der Waals surface area (Å²) < 4.78 is 30.7. The smallest absolute Gasteiger partial charge is 0.261 e. The van der Waals surface area contributed by atoms with E-state index < -0.39 is 10.0 Å². The first-order valence-electron chi connectivity index (χ1n) is 11.6. The molecular weight excluding hydrogens is 454 g/mol. The molecule has 5 rings (SSSR count). The van der Waals surface area contributed by atoms with Crippen molar-refractivity contribution in [1.82, 2.24) is 4.57 Å². The SMILES string of the molecule is CCn1c2ccccc2c2cc(C=Nc3ccc(S(=O)(=O)Nc4ccc(C)cc4C)cc3)ccc21. The van der Waals surface area contributed by atoms with Crippen LogP contribution < -0.4 is 4.72 Å². The van der Waals surface area contributed by atoms with Crippen molar-refractivity contribution in [2.45, 2.75) is 32.2 Å². The van der Waals surface area contributed by atoms with Gasteiger partial charge in [-0.3, -0.25) is 9.71 Å². The predicted molar refractivity (Wildman–Crippen MR) is 146 cm³/mol. The normalized spacial score (nSPS) is 12.1. The number of nitrogens with one attached hydrogen (secondary N) is 1. The lowest BCUT2D eigenvalue weighted by Crippen LogP contribution is -2.13. The number of hydrogen-bond donors (Lipinski definition) is 1. The Morgan fingerprint density at radius 3 is 2.34 bits per heavy atom. The maximum Gasteiger partial charge on any atom is 0.261 e. The fourth-order valence-electron chi connectivity index (χ4n) is 4.48. The van der Waals surface area contributed by atoms with Crippen LogP contribution in [0, 0.1) is 13.8 Å². The Morgan fingerprint density at radius 2 is 1.60 bits per heavy atom. The molecule has 0 saturated carbocycles. The molecule has 0 saturated heterocycles. The van der Waals surface area contributed by atoms with Gasteiger partial charge in [0.2, 0.25) is 0 Å². The average molecular weight is 482 g/mol. The first-order chi connectivity index (χ1) is 16.9. The molecule has 0 unspecified atom stereocenters. The van der Waals surface area contributed by atoms with Crippen LogP contribution in [0.2, 0.25) is 0 Å². The van der Waals surface area contributed by atoms with Gasteiger partial charge < -0.3 is 4.57 Å². The molecule has 35 heavy (non-hydrogen) atoms. The average Bonchev–Trinajstić information content (AvgIpc) is 3.18. The molecule has 0 aliphatic rings. The fraction of sp³-hybridized carbons (Fsp3) is 0.138. The molecule has 1 aromatic heterocycles. The van der Waals surface area contributed by atoms with Crippen LogP contribution in [0.15, 0.2) is 94.8 Å². The molecule has 1 N–H and O–H groups in total. The number of benzene rings is 4. The van der Waals surface area contributed by atoms with E-state index >= 15 is 0 Å². The van der Waals surface area contributed by atoms with Crippen molar-refractivity contribution in [1.29, 1.82) is 0 Å². The number of anilines is 1. The van der Waals surface area contributed by atoms with Gasteiger partial charge in [0.25, 0.3) is 10.0 Å². The third-order valence-electron chi connectivity index (χ3n) is 6.25. The van der Waals surface area contributed by atoms with Crippen molar-refractivity contribution in [3.05, 3.63) is 102 Å². The van der Waals surface area contributed by atoms with E-state index in [1.54, 1.807) is 30.3 Å². The third-order valence-corrected chi connectivity index (χ3v) is 7.63. The number of aliphatic imine (C=N–C) groups is 1. The van der Waals surface area contributed by atoms with Gasteiger partial charge in [0, 0.05) is 34.6 Å². The monoisotopic (exact) mass is 481 g/mol. The van der Waals surface area contributed by atoms with E-state index in [4.69, 9.17) is 0 Å². The van der Waals surface area contributed by atoms with Crippen LogP contribution in [0.4, 0.5) is 11.4 Å². The van der Waals surface area contributed by atoms with E-state index in [-0.39, 0.29) is 4.90 Å². The maximum absolute atomic E-state index is 12.8. The molecule has 0 fully saturated rings. The molecule has 0 bridgehead atoms. The minimum atomic E-state index is -3.68. The molecule has 0 radical (unpaired) electrons. The van der Waals surface area contributed by atoms with Gasteiger partial charge >= 0.3 is 0 Å². The van der Waals surface area contributed by atoms with E-state index in [2.05, 4.69) is 63.7 Å². The van der Waals surface area contributed by atoms with Gasteiger partial charge in [-0.05, 0) is 80.4 Å². The second-order valence-corrected chi connectivity index (χ2v) is 10.4. The van der Waals surface area contributed by atoms with Crippen molar-refractivity contribution in [2.24, 2.45) is 4.99 Å². The highest BCUT2D eigenvalue weighted by molar-refractivity contribution is 7.92. The van der Waals surface area contributed by atoms with Crippen molar-refractivity contribution < 1.29 is 8.42 Å². The molecular formula is C29H27N3O2S. The van der Waals surface area contributed by atoms with Crippen molar-refractivity contribution >= 4 is 49.4 Å². The molecule has 1 heterocycles. The lowest BCUT2D eigenvalue weighted by Gasteiger charge is -2.11. The van der Waals surface area contributed by atoms with E-state index in [0.717, 1.165) is 23.2 Å². The zero-order valence-electron chi connectivity index (χ0n) is 20.0. The molecule has 6 heteroatoms. The largest absolute Gasteiger partial charge is 0.341 e. The van der Waals surface area contributed by atoms with Crippen molar-refractivity contribution in [3.63, 3.8) is 0 Å². The van der Waals surface area contributed by atoms with Gasteiger partial charge in [-0.15, -0.1) is 0 Å². The van der Waals surface area contributed by atoms with E-state index in [1.165, 1.54) is 21.8 Å². The summed E-state index contributed by atoms with van der Waals surface area (Å²) in [6.45, 7) is 6.93. The lowest BCUT2D eigenvalue weighted by molar-refractivity contribution is 0.601. The Bertz CT molecular complexity index is 1680. The van der Waals surface area contributed by atoms with Crippen LogP contribution in [0.5, 0.6) is 0 Å². The van der Waals surface area contributed by atoms with Crippen LogP contribution in [-0.4, -0.2) is 19.2 Å². The van der Waals surface area contributed by atoms with Gasteiger partial charge in [0.1, 0.15) is 0 Å². The van der Waals surface area contributed by atoms with Gasteiger partial charge in [0.15, 0.2) is 0 Å². The standard InChI is InChI=1S/C29H27N3O2S/c1-4-32-28-8-6-5-7-25(28)26-18-22(10-16-29(26)32)19-30-23-11-13-24(14-12-23)35(33,34)31-27-15-9-20(2)17-21(27)3/h5-19,31H,4H2,1-3H3. The molecule has 0 amide bonds. The Hall–Kier alpha value is -3.90. The van der Waals surface area contributed by atoms with E-state index in [1.807, 2.05) is 32.2 Å². The Kier molecular flexibility index (Phi) is 5.91. The maximum atomic E-state index is 12.8. The number of aromatic nitrogens is 1. The first-order valence-corrected chi connectivity index (χ1v) is 13.1. The quantitative estimate of drug-likeness (QED) is 0.266. The van der Waals surface area contributed by atoms with E-state index in [9.17, 15) is 8.42 Å². The summed E-state index contributed by atoms with van der Waals surface area (Å²) in [4.78, 5) is 4.77. The van der Waals surface area contributed by atoms with Crippen LogP contribution in [0.3, 0.4) is 0 Å². The number of sulfonamides is 1. The van der Waals surface area contributed by atoms with E-state index in [0.29, 0.717) is 11.4 Å². The predicted octanol–water partition coefficient (Wildman–Crippen LogP) is 6.98. The zero-order chi connectivity index (χ0) is 24.6. The Balaban J connectivity index is 1.39. The van der Waals surface area contributed by atoms with Crippen LogP contribution in [-0.2, 0) is 16.6 Å². The Morgan fingerprint density at radius 1 is 0.857 bits per heavy atom. The Labute approximate surface area is 205 Å². The highest BCUT2D eigenvalue weighted by Crippen LogP contribution is 2.29. The van der Waals surface area contributed by atoms with Crippen LogP contribution in [0.1, 0.15) is 23.6 Å². The summed E-state index contributed by atoms with van der Waals surface area (Å²) >= 11 is 0. The number of para-hydroxylation sites is 1. The summed E-state index contributed by atoms with van der Waals surface area (Å²) in [5.74, 6) is 0. The summed E-state index contributed by atoms with van der Waals surface area (Å²) in [5, 5.41) is 2.43. The summed E-state index contributed by atoms with van der Waals surface area (Å²) in [7, 11) is -3.68. The number of hydrogen-bond acceptors (Lipinski definition) is 3. The molecule has 5 nitrogen and oxygen atoms in total. The number of rotatable bonds is 6. The zero-order valence-corrected chi connectivity index (χ0v) is 20.8. The van der Waals surface area contributed by atoms with Gasteiger partial charge in [-0.2, -0.15) is 0 Å². The van der Waals surface area contributed by atoms with Crippen molar-refractivity contribution in [3.8, 4) is 0 Å². The number of fused-ring (bicyclic) bond motifs is 3. The van der Waals surface area contributed by atoms with Gasteiger partial charge in [-0.1, -0.05) is 42.0 Å². The molecule has 176 valence electrons. The summed E-state index contributed by atoms with van der Waals surface area (Å²) in [6, 6.07) is 27.0.